The Labute approximate surface area is 152 Å². The summed E-state index contributed by atoms with van der Waals surface area (Å²) in [5, 5.41) is 2.68. The van der Waals surface area contributed by atoms with E-state index in [-0.39, 0.29) is 22.5 Å². The molecule has 2 aliphatic rings. The molecule has 0 unspecified atom stereocenters. The zero-order valence-electron chi connectivity index (χ0n) is 13.7. The molecule has 1 heterocycles. The fourth-order valence-corrected chi connectivity index (χ4v) is 4.53. The van der Waals surface area contributed by atoms with Crippen molar-refractivity contribution in [3.63, 3.8) is 0 Å². The summed E-state index contributed by atoms with van der Waals surface area (Å²) in [6.07, 6.45) is 2.87. The molecule has 2 fully saturated rings. The maximum absolute atomic E-state index is 13.3. The van der Waals surface area contributed by atoms with Crippen molar-refractivity contribution in [2.45, 2.75) is 24.2 Å². The van der Waals surface area contributed by atoms with Crippen molar-refractivity contribution >= 4 is 27.7 Å². The number of hydrogen-bond donors (Lipinski definition) is 1. The monoisotopic (exact) mass is 389 g/mol. The Bertz CT molecular complexity index is 755. The summed E-state index contributed by atoms with van der Waals surface area (Å²) < 4.78 is 40.1. The Balaban J connectivity index is 1.64. The van der Waals surface area contributed by atoms with E-state index in [1.165, 1.54) is 10.4 Å². The summed E-state index contributed by atoms with van der Waals surface area (Å²) in [6, 6.07) is 3.24. The summed E-state index contributed by atoms with van der Waals surface area (Å²) in [5.74, 6) is -0.0639. The number of benzene rings is 1. The first-order chi connectivity index (χ1) is 11.9. The predicted molar refractivity (Wildman–Crippen MR) is 92.5 cm³/mol. The predicted octanol–water partition coefficient (Wildman–Crippen LogP) is 2.30. The summed E-state index contributed by atoms with van der Waals surface area (Å²) in [7, 11) is -3.77. The van der Waals surface area contributed by atoms with Gasteiger partial charge in [0.15, 0.2) is 0 Å². The van der Waals surface area contributed by atoms with Crippen LogP contribution in [0.25, 0.3) is 0 Å². The molecule has 0 radical (unpaired) electrons. The fourth-order valence-electron chi connectivity index (χ4n) is 2.79. The molecular weight excluding hydrogens is 369 g/mol. The van der Waals surface area contributed by atoms with Crippen LogP contribution < -0.4 is 5.32 Å². The van der Waals surface area contributed by atoms with Crippen LogP contribution in [0, 0.1) is 11.7 Å². The van der Waals surface area contributed by atoms with Crippen molar-refractivity contribution in [2.75, 3.05) is 32.7 Å². The lowest BCUT2D eigenvalue weighted by molar-refractivity contribution is 0.200. The van der Waals surface area contributed by atoms with Crippen LogP contribution in [0.3, 0.4) is 0 Å². The average Bonchev–Trinajstić information content (AvgIpc) is 3.41. The third-order valence-electron chi connectivity index (χ3n) is 4.51. The van der Waals surface area contributed by atoms with Crippen LogP contribution in [0.1, 0.15) is 19.3 Å². The minimum Gasteiger partial charge on any atom is -0.338 e. The number of hydrogen-bond acceptors (Lipinski definition) is 3. The first-order valence-electron chi connectivity index (χ1n) is 8.36. The largest absolute Gasteiger partial charge is 0.338 e. The van der Waals surface area contributed by atoms with Crippen molar-refractivity contribution in [1.82, 2.24) is 14.5 Å². The fraction of sp³-hybridized carbons (Fsp3) is 0.562. The minimum absolute atomic E-state index is 0.0365. The lowest BCUT2D eigenvalue weighted by Gasteiger charge is -2.22. The van der Waals surface area contributed by atoms with Gasteiger partial charge in [-0.15, -0.1) is 0 Å². The molecule has 1 aromatic rings. The lowest BCUT2D eigenvalue weighted by Crippen LogP contribution is -2.43. The molecule has 2 amide bonds. The van der Waals surface area contributed by atoms with Crippen LogP contribution in [-0.4, -0.2) is 56.4 Å². The highest BCUT2D eigenvalue weighted by molar-refractivity contribution is 7.89. The van der Waals surface area contributed by atoms with Crippen LogP contribution in [0.5, 0.6) is 0 Å². The topological polar surface area (TPSA) is 69.7 Å². The number of nitrogens with one attached hydrogen (secondary N) is 1. The van der Waals surface area contributed by atoms with Gasteiger partial charge in [0.2, 0.25) is 10.0 Å². The Hall–Kier alpha value is -1.38. The van der Waals surface area contributed by atoms with Gasteiger partial charge < -0.3 is 10.2 Å². The molecule has 1 N–H and O–H groups in total. The zero-order chi connectivity index (χ0) is 18.0. The lowest BCUT2D eigenvalue weighted by atomic mass is 10.3. The standard InChI is InChI=1S/C16H21ClFN3O3S/c17-14-10-13(4-5-15(14)18)25(23,24)21-7-1-6-20(8-9-21)16(22)19-11-12-2-3-12/h4-5,10,12H,1-3,6-9,11H2,(H,19,22). The van der Waals surface area contributed by atoms with Gasteiger partial charge in [-0.1, -0.05) is 11.6 Å². The molecule has 25 heavy (non-hydrogen) atoms. The van der Waals surface area contributed by atoms with E-state index in [0.29, 0.717) is 38.5 Å². The number of amides is 2. The molecule has 1 saturated carbocycles. The smallest absolute Gasteiger partial charge is 0.317 e. The first kappa shape index (κ1) is 18.4. The highest BCUT2D eigenvalue weighted by Crippen LogP contribution is 2.27. The molecule has 3 rings (SSSR count). The van der Waals surface area contributed by atoms with Crippen LogP contribution >= 0.6 is 11.6 Å². The highest BCUT2D eigenvalue weighted by atomic mass is 35.5. The van der Waals surface area contributed by atoms with Gasteiger partial charge >= 0.3 is 6.03 Å². The quantitative estimate of drug-likeness (QED) is 0.859. The summed E-state index contributed by atoms with van der Waals surface area (Å²) in [6.45, 7) is 2.03. The molecule has 1 aliphatic heterocycles. The maximum Gasteiger partial charge on any atom is 0.317 e. The molecule has 0 atom stereocenters. The molecule has 6 nitrogen and oxygen atoms in total. The van der Waals surface area contributed by atoms with E-state index in [2.05, 4.69) is 5.32 Å². The molecule has 0 bridgehead atoms. The number of carbonyl (C=O) groups excluding carboxylic acids is 1. The van der Waals surface area contributed by atoms with Gasteiger partial charge in [-0.05, 0) is 43.4 Å². The number of rotatable bonds is 4. The first-order valence-corrected chi connectivity index (χ1v) is 10.2. The van der Waals surface area contributed by atoms with E-state index in [9.17, 15) is 17.6 Å². The molecule has 1 saturated heterocycles. The molecule has 0 spiro atoms. The summed E-state index contributed by atoms with van der Waals surface area (Å²) in [4.78, 5) is 13.8. The SMILES string of the molecule is O=C(NCC1CC1)N1CCCN(S(=O)(=O)c2ccc(F)c(Cl)c2)CC1. The average molecular weight is 390 g/mol. The Morgan fingerprint density at radius 1 is 1.24 bits per heavy atom. The number of sulfonamides is 1. The maximum atomic E-state index is 13.3. The second-order valence-electron chi connectivity index (χ2n) is 6.45. The Morgan fingerprint density at radius 2 is 2.00 bits per heavy atom. The third-order valence-corrected chi connectivity index (χ3v) is 6.69. The molecule has 1 aliphatic carbocycles. The normalized spacial score (nSPS) is 19.5. The number of carbonyl (C=O) groups is 1. The van der Waals surface area contributed by atoms with Crippen molar-refractivity contribution in [3.8, 4) is 0 Å². The van der Waals surface area contributed by atoms with Gasteiger partial charge in [0.1, 0.15) is 5.82 Å². The van der Waals surface area contributed by atoms with E-state index < -0.39 is 15.8 Å². The second kappa shape index (κ2) is 7.47. The Morgan fingerprint density at radius 3 is 2.68 bits per heavy atom. The van der Waals surface area contributed by atoms with E-state index in [1.807, 2.05) is 0 Å². The molecule has 0 aromatic heterocycles. The van der Waals surface area contributed by atoms with Crippen LogP contribution in [-0.2, 0) is 10.0 Å². The van der Waals surface area contributed by atoms with Crippen LogP contribution in [0.2, 0.25) is 5.02 Å². The zero-order valence-corrected chi connectivity index (χ0v) is 15.3. The van der Waals surface area contributed by atoms with Crippen molar-refractivity contribution in [1.29, 1.82) is 0 Å². The number of halogens is 2. The van der Waals surface area contributed by atoms with Crippen molar-refractivity contribution < 1.29 is 17.6 Å². The number of urea groups is 1. The van der Waals surface area contributed by atoms with Crippen molar-refractivity contribution in [2.24, 2.45) is 5.92 Å². The molecular formula is C16H21ClFN3O3S. The minimum atomic E-state index is -3.77. The van der Waals surface area contributed by atoms with Crippen LogP contribution in [0.15, 0.2) is 23.1 Å². The third kappa shape index (κ3) is 4.43. The summed E-state index contributed by atoms with van der Waals surface area (Å²) in [5.41, 5.74) is 0. The molecule has 9 heteroatoms. The summed E-state index contributed by atoms with van der Waals surface area (Å²) >= 11 is 5.70. The molecule has 1 aromatic carbocycles. The van der Waals surface area contributed by atoms with Crippen LogP contribution in [0.4, 0.5) is 9.18 Å². The van der Waals surface area contributed by atoms with Crippen molar-refractivity contribution in [3.05, 3.63) is 29.0 Å². The van der Waals surface area contributed by atoms with Gasteiger partial charge in [-0.2, -0.15) is 4.31 Å². The Kier molecular flexibility index (Phi) is 5.50. The van der Waals surface area contributed by atoms with Gasteiger partial charge in [0, 0.05) is 32.7 Å². The van der Waals surface area contributed by atoms with Gasteiger partial charge in [-0.3, -0.25) is 0 Å². The second-order valence-corrected chi connectivity index (χ2v) is 8.80. The van der Waals surface area contributed by atoms with E-state index in [4.69, 9.17) is 11.6 Å². The van der Waals surface area contributed by atoms with Gasteiger partial charge in [-0.25, -0.2) is 17.6 Å². The van der Waals surface area contributed by atoms with Gasteiger partial charge in [0.25, 0.3) is 0 Å². The van der Waals surface area contributed by atoms with E-state index >= 15 is 0 Å². The van der Waals surface area contributed by atoms with E-state index in [0.717, 1.165) is 25.0 Å². The van der Waals surface area contributed by atoms with Gasteiger partial charge in [0.05, 0.1) is 9.92 Å². The molecule has 138 valence electrons. The van der Waals surface area contributed by atoms with E-state index in [1.54, 1.807) is 4.90 Å². The number of nitrogens with zero attached hydrogens (tertiary/aromatic N) is 2. The highest BCUT2D eigenvalue weighted by Gasteiger charge is 2.29.